The third-order valence-electron chi connectivity index (χ3n) is 4.86. The summed E-state index contributed by atoms with van der Waals surface area (Å²) in [5, 5.41) is 5.86. The Bertz CT molecular complexity index is 736. The standard InChI is InChI=1S/C22H31FN4O/c1-26(2)20(13-17-9-6-5-7-10-17)15-24-22(28)25-16-21(27(3)4)18-11-8-12-19(23)14-18/h5-12,14,20-21H,13,15-16H2,1-4H3,(H2,24,25,28). The van der Waals surface area contributed by atoms with Gasteiger partial charge in [0.25, 0.3) is 0 Å². The van der Waals surface area contributed by atoms with E-state index in [1.807, 2.05) is 57.4 Å². The van der Waals surface area contributed by atoms with Gasteiger partial charge in [-0.15, -0.1) is 0 Å². The van der Waals surface area contributed by atoms with E-state index >= 15 is 0 Å². The maximum Gasteiger partial charge on any atom is 0.314 e. The molecule has 0 radical (unpaired) electrons. The van der Waals surface area contributed by atoms with Gasteiger partial charge < -0.3 is 20.4 Å². The van der Waals surface area contributed by atoms with Crippen LogP contribution in [0.1, 0.15) is 17.2 Å². The van der Waals surface area contributed by atoms with Crippen molar-refractivity contribution in [3.63, 3.8) is 0 Å². The molecule has 6 heteroatoms. The van der Waals surface area contributed by atoms with E-state index in [0.29, 0.717) is 13.1 Å². The molecule has 2 rings (SSSR count). The first kappa shape index (κ1) is 21.9. The molecule has 0 fully saturated rings. The molecule has 2 atom stereocenters. The fourth-order valence-corrected chi connectivity index (χ4v) is 3.10. The average molecular weight is 387 g/mol. The molecule has 0 aliphatic heterocycles. The van der Waals surface area contributed by atoms with Gasteiger partial charge in [0.2, 0.25) is 0 Å². The normalized spacial score (nSPS) is 13.4. The average Bonchev–Trinajstić information content (AvgIpc) is 2.65. The third kappa shape index (κ3) is 6.94. The van der Waals surface area contributed by atoms with Gasteiger partial charge in [0.1, 0.15) is 5.82 Å². The van der Waals surface area contributed by atoms with Crippen molar-refractivity contribution in [2.24, 2.45) is 0 Å². The minimum atomic E-state index is -0.275. The van der Waals surface area contributed by atoms with Crippen LogP contribution < -0.4 is 10.6 Å². The minimum Gasteiger partial charge on any atom is -0.337 e. The summed E-state index contributed by atoms with van der Waals surface area (Å²) in [4.78, 5) is 16.4. The molecule has 0 saturated carbocycles. The second-order valence-corrected chi connectivity index (χ2v) is 7.43. The van der Waals surface area contributed by atoms with Crippen LogP contribution in [-0.2, 0) is 6.42 Å². The second-order valence-electron chi connectivity index (χ2n) is 7.43. The predicted octanol–water partition coefficient (Wildman–Crippen LogP) is 2.90. The number of benzene rings is 2. The zero-order valence-corrected chi connectivity index (χ0v) is 17.2. The zero-order chi connectivity index (χ0) is 20.5. The first-order valence-corrected chi connectivity index (χ1v) is 9.50. The van der Waals surface area contributed by atoms with Crippen LogP contribution in [0.2, 0.25) is 0 Å². The molecular formula is C22H31FN4O. The van der Waals surface area contributed by atoms with Crippen molar-refractivity contribution in [2.75, 3.05) is 41.3 Å². The number of urea groups is 1. The maximum absolute atomic E-state index is 13.5. The molecule has 2 aromatic rings. The number of carbonyl (C=O) groups excluding carboxylic acids is 1. The molecule has 0 heterocycles. The van der Waals surface area contributed by atoms with Crippen LogP contribution in [0.15, 0.2) is 54.6 Å². The van der Waals surface area contributed by atoms with Crippen molar-refractivity contribution in [1.29, 1.82) is 0 Å². The quantitative estimate of drug-likeness (QED) is 0.697. The number of likely N-dealkylation sites (N-methyl/N-ethyl adjacent to an activating group) is 2. The smallest absolute Gasteiger partial charge is 0.314 e. The maximum atomic E-state index is 13.5. The molecule has 0 aliphatic carbocycles. The van der Waals surface area contributed by atoms with Gasteiger partial charge in [-0.2, -0.15) is 0 Å². The van der Waals surface area contributed by atoms with E-state index in [-0.39, 0.29) is 23.9 Å². The summed E-state index contributed by atoms with van der Waals surface area (Å²) in [5.74, 6) is -0.275. The van der Waals surface area contributed by atoms with Crippen LogP contribution in [0.5, 0.6) is 0 Å². The van der Waals surface area contributed by atoms with Gasteiger partial charge in [0.15, 0.2) is 0 Å². The van der Waals surface area contributed by atoms with Gasteiger partial charge in [-0.25, -0.2) is 9.18 Å². The van der Waals surface area contributed by atoms with Gasteiger partial charge in [0.05, 0.1) is 6.04 Å². The lowest BCUT2D eigenvalue weighted by Gasteiger charge is -2.27. The Hall–Kier alpha value is -2.44. The first-order valence-electron chi connectivity index (χ1n) is 9.50. The summed E-state index contributed by atoms with van der Waals surface area (Å²) in [7, 11) is 7.85. The van der Waals surface area contributed by atoms with Crippen molar-refractivity contribution in [2.45, 2.75) is 18.5 Å². The van der Waals surface area contributed by atoms with E-state index in [2.05, 4.69) is 27.7 Å². The highest BCUT2D eigenvalue weighted by Crippen LogP contribution is 2.18. The van der Waals surface area contributed by atoms with Gasteiger partial charge in [-0.3, -0.25) is 0 Å². The van der Waals surface area contributed by atoms with Crippen molar-refractivity contribution >= 4 is 6.03 Å². The monoisotopic (exact) mass is 386 g/mol. The number of carbonyl (C=O) groups is 1. The Kier molecular flexibility index (Phi) is 8.42. The van der Waals surface area contributed by atoms with Crippen LogP contribution in [-0.4, -0.2) is 63.2 Å². The molecule has 5 nitrogen and oxygen atoms in total. The molecule has 0 aromatic heterocycles. The molecule has 2 amide bonds. The molecule has 2 unspecified atom stereocenters. The summed E-state index contributed by atoms with van der Waals surface area (Å²) >= 11 is 0. The summed E-state index contributed by atoms with van der Waals surface area (Å²) in [6.45, 7) is 0.938. The Morgan fingerprint density at radius 2 is 1.61 bits per heavy atom. The summed E-state index contributed by atoms with van der Waals surface area (Å²) in [5.41, 5.74) is 2.07. The number of nitrogens with one attached hydrogen (secondary N) is 2. The molecule has 28 heavy (non-hydrogen) atoms. The highest BCUT2D eigenvalue weighted by Gasteiger charge is 2.17. The van der Waals surface area contributed by atoms with Crippen molar-refractivity contribution in [1.82, 2.24) is 20.4 Å². The molecule has 152 valence electrons. The summed E-state index contributed by atoms with van der Waals surface area (Å²) < 4.78 is 13.5. The largest absolute Gasteiger partial charge is 0.337 e. The number of halogens is 1. The van der Waals surface area contributed by atoms with E-state index in [9.17, 15) is 9.18 Å². The van der Waals surface area contributed by atoms with E-state index in [1.165, 1.54) is 17.7 Å². The number of nitrogens with zero attached hydrogens (tertiary/aromatic N) is 2. The summed E-state index contributed by atoms with van der Waals surface area (Å²) in [6, 6.07) is 16.6. The van der Waals surface area contributed by atoms with Crippen LogP contribution in [0, 0.1) is 5.82 Å². The van der Waals surface area contributed by atoms with E-state index < -0.39 is 0 Å². The topological polar surface area (TPSA) is 47.6 Å². The SMILES string of the molecule is CN(C)C(CNC(=O)NCC(c1cccc(F)c1)N(C)C)Cc1ccccc1. The third-order valence-corrected chi connectivity index (χ3v) is 4.86. The number of amides is 2. The zero-order valence-electron chi connectivity index (χ0n) is 17.2. The van der Waals surface area contributed by atoms with E-state index in [1.54, 1.807) is 6.07 Å². The number of hydrogen-bond acceptors (Lipinski definition) is 3. The van der Waals surface area contributed by atoms with Gasteiger partial charge in [0, 0.05) is 19.1 Å². The molecule has 0 aliphatic rings. The second kappa shape index (κ2) is 10.8. The Morgan fingerprint density at radius 1 is 0.929 bits per heavy atom. The van der Waals surface area contributed by atoms with Crippen LogP contribution in [0.25, 0.3) is 0 Å². The van der Waals surface area contributed by atoms with Crippen LogP contribution in [0.3, 0.4) is 0 Å². The minimum absolute atomic E-state index is 0.101. The molecular weight excluding hydrogens is 355 g/mol. The molecule has 0 saturated heterocycles. The van der Waals surface area contributed by atoms with E-state index in [0.717, 1.165) is 12.0 Å². The Labute approximate surface area is 167 Å². The number of rotatable bonds is 9. The predicted molar refractivity (Wildman–Crippen MR) is 112 cm³/mol. The van der Waals surface area contributed by atoms with Crippen LogP contribution in [0.4, 0.5) is 9.18 Å². The lowest BCUT2D eigenvalue weighted by atomic mass is 10.1. The summed E-state index contributed by atoms with van der Waals surface area (Å²) in [6.07, 6.45) is 0.859. The van der Waals surface area contributed by atoms with Crippen molar-refractivity contribution in [3.05, 3.63) is 71.5 Å². The van der Waals surface area contributed by atoms with Crippen molar-refractivity contribution in [3.8, 4) is 0 Å². The van der Waals surface area contributed by atoms with Gasteiger partial charge in [-0.05, 0) is 57.9 Å². The Morgan fingerprint density at radius 3 is 2.21 bits per heavy atom. The molecule has 0 spiro atoms. The molecule has 0 bridgehead atoms. The van der Waals surface area contributed by atoms with Gasteiger partial charge >= 0.3 is 6.03 Å². The van der Waals surface area contributed by atoms with Gasteiger partial charge in [-0.1, -0.05) is 42.5 Å². The lowest BCUT2D eigenvalue weighted by Crippen LogP contribution is -2.46. The van der Waals surface area contributed by atoms with Crippen molar-refractivity contribution < 1.29 is 9.18 Å². The van der Waals surface area contributed by atoms with Crippen LogP contribution >= 0.6 is 0 Å². The fourth-order valence-electron chi connectivity index (χ4n) is 3.10. The van der Waals surface area contributed by atoms with E-state index in [4.69, 9.17) is 0 Å². The fraction of sp³-hybridized carbons (Fsp3) is 0.409. The number of hydrogen-bond donors (Lipinski definition) is 2. The first-order chi connectivity index (χ1) is 13.4. The molecule has 2 aromatic carbocycles. The highest BCUT2D eigenvalue weighted by molar-refractivity contribution is 5.73. The highest BCUT2D eigenvalue weighted by atomic mass is 19.1. The lowest BCUT2D eigenvalue weighted by molar-refractivity contribution is 0.225. The Balaban J connectivity index is 1.87. The molecule has 2 N–H and O–H groups in total.